The molecule has 1 saturated heterocycles. The Morgan fingerprint density at radius 2 is 1.88 bits per heavy atom. The van der Waals surface area contributed by atoms with Crippen LogP contribution in [0.3, 0.4) is 0 Å². The summed E-state index contributed by atoms with van der Waals surface area (Å²) in [6, 6.07) is 0. The van der Waals surface area contributed by atoms with Crippen molar-refractivity contribution in [2.45, 2.75) is 52.1 Å². The topological polar surface area (TPSA) is 29.5 Å². The maximum absolute atomic E-state index is 11.7. The van der Waals surface area contributed by atoms with Crippen LogP contribution in [0.1, 0.15) is 46.5 Å². The van der Waals surface area contributed by atoms with Gasteiger partial charge >= 0.3 is 6.09 Å². The second kappa shape index (κ2) is 3.39. The summed E-state index contributed by atoms with van der Waals surface area (Å²) >= 11 is 0. The fourth-order valence-corrected chi connectivity index (χ4v) is 3.69. The molecule has 3 heteroatoms. The molecule has 3 saturated carbocycles. The van der Waals surface area contributed by atoms with Gasteiger partial charge in [0.25, 0.3) is 0 Å². The van der Waals surface area contributed by atoms with Gasteiger partial charge in [0.15, 0.2) is 0 Å². The molecule has 0 aromatic heterocycles. The number of hydrogen-bond acceptors (Lipinski definition) is 2. The average molecular weight is 237 g/mol. The molecule has 0 atom stereocenters. The third-order valence-corrected chi connectivity index (χ3v) is 4.50. The minimum Gasteiger partial charge on any atom is -0.444 e. The van der Waals surface area contributed by atoms with Gasteiger partial charge in [-0.05, 0) is 63.7 Å². The number of rotatable bonds is 2. The van der Waals surface area contributed by atoms with Crippen LogP contribution in [-0.4, -0.2) is 29.7 Å². The molecule has 0 N–H and O–H groups in total. The number of hydrogen-bond donors (Lipinski definition) is 0. The van der Waals surface area contributed by atoms with E-state index in [1.54, 1.807) is 0 Å². The van der Waals surface area contributed by atoms with Crippen molar-refractivity contribution in [2.75, 3.05) is 13.1 Å². The Hall–Kier alpha value is -0.730. The van der Waals surface area contributed by atoms with E-state index in [1.165, 1.54) is 25.7 Å². The van der Waals surface area contributed by atoms with Crippen molar-refractivity contribution in [3.05, 3.63) is 0 Å². The van der Waals surface area contributed by atoms with E-state index >= 15 is 0 Å². The zero-order valence-electron chi connectivity index (χ0n) is 11.2. The molecule has 2 bridgehead atoms. The van der Waals surface area contributed by atoms with Gasteiger partial charge in [-0.2, -0.15) is 0 Å². The number of ether oxygens (including phenoxy) is 1. The first kappa shape index (κ1) is 11.4. The fraction of sp³-hybridized carbons (Fsp3) is 0.929. The van der Waals surface area contributed by atoms with E-state index in [1.807, 2.05) is 25.7 Å². The van der Waals surface area contributed by atoms with Crippen molar-refractivity contribution >= 4 is 6.09 Å². The normalized spacial score (nSPS) is 35.7. The minimum atomic E-state index is -0.365. The van der Waals surface area contributed by atoms with Crippen LogP contribution in [0.4, 0.5) is 4.79 Å². The van der Waals surface area contributed by atoms with Crippen LogP contribution >= 0.6 is 0 Å². The highest BCUT2D eigenvalue weighted by Gasteiger charge is 2.57. The summed E-state index contributed by atoms with van der Waals surface area (Å²) in [4.78, 5) is 13.6. The van der Waals surface area contributed by atoms with Gasteiger partial charge in [-0.3, -0.25) is 0 Å². The Labute approximate surface area is 104 Å². The molecule has 1 amide bonds. The number of likely N-dealkylation sites (tertiary alicyclic amines) is 1. The molecule has 4 aliphatic rings. The van der Waals surface area contributed by atoms with Crippen LogP contribution in [0.15, 0.2) is 0 Å². The molecule has 1 heterocycles. The van der Waals surface area contributed by atoms with Crippen molar-refractivity contribution in [1.29, 1.82) is 0 Å². The first-order chi connectivity index (χ1) is 7.85. The molecule has 3 nitrogen and oxygen atoms in total. The molecule has 4 rings (SSSR count). The first-order valence-corrected chi connectivity index (χ1v) is 6.83. The highest BCUT2D eigenvalue weighted by molar-refractivity contribution is 5.69. The zero-order chi connectivity index (χ0) is 12.3. The number of carbonyl (C=O) groups is 1. The van der Waals surface area contributed by atoms with E-state index in [0.717, 1.165) is 30.3 Å². The van der Waals surface area contributed by atoms with Gasteiger partial charge in [-0.1, -0.05) is 0 Å². The van der Waals surface area contributed by atoms with Gasteiger partial charge < -0.3 is 9.64 Å². The standard InChI is InChI=1S/C14H23NO2/c1-13(2,3)17-12(16)15-8-11(9-15)7-14-4-10(5-14)6-14/h10-11H,4-9H2,1-3H3. The zero-order valence-corrected chi connectivity index (χ0v) is 11.2. The van der Waals surface area contributed by atoms with Crippen molar-refractivity contribution in [3.8, 4) is 0 Å². The molecule has 3 aliphatic carbocycles. The van der Waals surface area contributed by atoms with Crippen LogP contribution in [0.25, 0.3) is 0 Å². The minimum absolute atomic E-state index is 0.133. The highest BCUT2D eigenvalue weighted by Crippen LogP contribution is 2.67. The summed E-state index contributed by atoms with van der Waals surface area (Å²) in [5, 5.41) is 0. The Kier molecular flexibility index (Phi) is 2.27. The molecule has 1 aliphatic heterocycles. The Bertz CT molecular complexity index is 322. The quantitative estimate of drug-likeness (QED) is 0.738. The van der Waals surface area contributed by atoms with Crippen molar-refractivity contribution in [2.24, 2.45) is 17.3 Å². The molecule has 0 aromatic rings. The average Bonchev–Trinajstić information content (AvgIpc) is 1.91. The van der Waals surface area contributed by atoms with Crippen molar-refractivity contribution in [1.82, 2.24) is 4.90 Å². The number of amides is 1. The molecule has 0 unspecified atom stereocenters. The van der Waals surface area contributed by atoms with Gasteiger partial charge in [0, 0.05) is 13.1 Å². The Balaban J connectivity index is 1.40. The van der Waals surface area contributed by atoms with Crippen LogP contribution in [0.5, 0.6) is 0 Å². The summed E-state index contributed by atoms with van der Waals surface area (Å²) in [6.45, 7) is 7.60. The summed E-state index contributed by atoms with van der Waals surface area (Å²) in [6.07, 6.45) is 5.62. The Morgan fingerprint density at radius 1 is 1.29 bits per heavy atom. The van der Waals surface area contributed by atoms with E-state index in [2.05, 4.69) is 0 Å². The fourth-order valence-electron chi connectivity index (χ4n) is 3.69. The van der Waals surface area contributed by atoms with Crippen LogP contribution < -0.4 is 0 Å². The molecule has 0 aromatic carbocycles. The smallest absolute Gasteiger partial charge is 0.410 e. The molecule has 4 fully saturated rings. The van der Waals surface area contributed by atoms with Gasteiger partial charge in [0.2, 0.25) is 0 Å². The Morgan fingerprint density at radius 3 is 2.29 bits per heavy atom. The largest absolute Gasteiger partial charge is 0.444 e. The van der Waals surface area contributed by atoms with Gasteiger partial charge in [0.05, 0.1) is 0 Å². The van der Waals surface area contributed by atoms with Crippen LogP contribution in [0.2, 0.25) is 0 Å². The number of carbonyl (C=O) groups excluding carboxylic acids is 1. The van der Waals surface area contributed by atoms with E-state index < -0.39 is 0 Å². The SMILES string of the molecule is CC(C)(C)OC(=O)N1CC(CC23CC(C2)C3)C1. The maximum Gasteiger partial charge on any atom is 0.410 e. The lowest BCUT2D eigenvalue weighted by atomic mass is 9.42. The lowest BCUT2D eigenvalue weighted by Crippen LogP contribution is -2.58. The predicted octanol–water partition coefficient (Wildman–Crippen LogP) is 3.04. The first-order valence-electron chi connectivity index (χ1n) is 6.83. The molecular weight excluding hydrogens is 214 g/mol. The van der Waals surface area contributed by atoms with E-state index in [4.69, 9.17) is 4.74 Å². The summed E-state index contributed by atoms with van der Waals surface area (Å²) in [5.74, 6) is 1.81. The second-order valence-electron chi connectivity index (χ2n) is 7.43. The van der Waals surface area contributed by atoms with Crippen LogP contribution in [0, 0.1) is 17.3 Å². The van der Waals surface area contributed by atoms with E-state index in [-0.39, 0.29) is 11.7 Å². The molecule has 17 heavy (non-hydrogen) atoms. The van der Waals surface area contributed by atoms with Gasteiger partial charge in [0.1, 0.15) is 5.60 Å². The van der Waals surface area contributed by atoms with Crippen LogP contribution in [-0.2, 0) is 4.74 Å². The molecular formula is C14H23NO2. The number of nitrogens with zero attached hydrogens (tertiary/aromatic N) is 1. The van der Waals surface area contributed by atoms with Crippen molar-refractivity contribution < 1.29 is 9.53 Å². The summed E-state index contributed by atoms with van der Waals surface area (Å²) < 4.78 is 5.36. The molecule has 0 radical (unpaired) electrons. The van der Waals surface area contributed by atoms with Gasteiger partial charge in [-0.15, -0.1) is 0 Å². The summed E-state index contributed by atoms with van der Waals surface area (Å²) in [5.41, 5.74) is 0.353. The molecule has 0 spiro atoms. The van der Waals surface area contributed by atoms with E-state index in [9.17, 15) is 4.79 Å². The molecule has 96 valence electrons. The summed E-state index contributed by atoms with van der Waals surface area (Å²) in [7, 11) is 0. The third-order valence-electron chi connectivity index (χ3n) is 4.50. The van der Waals surface area contributed by atoms with Gasteiger partial charge in [-0.25, -0.2) is 4.79 Å². The second-order valence-corrected chi connectivity index (χ2v) is 7.43. The van der Waals surface area contributed by atoms with Crippen molar-refractivity contribution in [3.63, 3.8) is 0 Å². The monoisotopic (exact) mass is 237 g/mol. The predicted molar refractivity (Wildman–Crippen MR) is 65.7 cm³/mol. The lowest BCUT2D eigenvalue weighted by Gasteiger charge is -2.64. The third kappa shape index (κ3) is 2.04. The van der Waals surface area contributed by atoms with E-state index in [0.29, 0.717) is 0 Å². The highest BCUT2D eigenvalue weighted by atomic mass is 16.6. The maximum atomic E-state index is 11.7. The lowest BCUT2D eigenvalue weighted by molar-refractivity contribution is -0.134.